The highest BCUT2D eigenvalue weighted by Crippen LogP contribution is 2.37. The van der Waals surface area contributed by atoms with E-state index in [1.54, 1.807) is 0 Å². The number of hydrazone groups is 1. The second-order valence-electron chi connectivity index (χ2n) is 6.48. The lowest BCUT2D eigenvalue weighted by Crippen LogP contribution is -2.24. The normalized spacial score (nSPS) is 13.3. The molecule has 1 aliphatic rings. The number of fused-ring (bicyclic) bond motifs is 1. The van der Waals surface area contributed by atoms with E-state index in [0.29, 0.717) is 23.2 Å². The number of amides is 1. The van der Waals surface area contributed by atoms with E-state index in [0.717, 1.165) is 6.42 Å². The van der Waals surface area contributed by atoms with Crippen molar-refractivity contribution < 1.29 is 23.9 Å². The third-order valence-electron chi connectivity index (χ3n) is 4.54. The molecule has 0 aromatic heterocycles. The number of nitro benzene ring substituents is 1. The second kappa shape index (κ2) is 9.05. The van der Waals surface area contributed by atoms with Crippen molar-refractivity contribution in [1.29, 1.82) is 0 Å². The number of nitrogens with zero attached hydrogens (tertiary/aromatic N) is 2. The fourth-order valence-corrected chi connectivity index (χ4v) is 2.69. The molecule has 0 saturated heterocycles. The number of hydrogen-bond acceptors (Lipinski definition) is 7. The predicted molar refractivity (Wildman–Crippen MR) is 106 cm³/mol. The molecule has 1 aliphatic heterocycles. The first-order valence-corrected chi connectivity index (χ1v) is 9.10. The average molecular weight is 399 g/mol. The third kappa shape index (κ3) is 5.01. The summed E-state index contributed by atoms with van der Waals surface area (Å²) in [5.74, 6) is 1.22. The molecule has 152 valence electrons. The topological polar surface area (TPSA) is 112 Å². The molecule has 0 aliphatic carbocycles. The van der Waals surface area contributed by atoms with Crippen molar-refractivity contribution in [2.24, 2.45) is 5.10 Å². The minimum absolute atomic E-state index is 0.000501. The molecule has 3 rings (SSSR count). The summed E-state index contributed by atoms with van der Waals surface area (Å²) in [4.78, 5) is 22.6. The Morgan fingerprint density at radius 2 is 2.00 bits per heavy atom. The molecule has 2 aromatic carbocycles. The van der Waals surface area contributed by atoms with Crippen molar-refractivity contribution in [2.75, 3.05) is 13.4 Å². The van der Waals surface area contributed by atoms with Crippen molar-refractivity contribution >= 4 is 17.8 Å². The molecule has 0 saturated carbocycles. The minimum atomic E-state index is -0.558. The lowest BCUT2D eigenvalue weighted by molar-refractivity contribution is -0.385. The van der Waals surface area contributed by atoms with Crippen LogP contribution in [0.1, 0.15) is 37.3 Å². The molecule has 1 N–H and O–H groups in total. The fraction of sp³-hybridized carbons (Fsp3) is 0.300. The summed E-state index contributed by atoms with van der Waals surface area (Å²) < 4.78 is 15.8. The van der Waals surface area contributed by atoms with Gasteiger partial charge in [0.15, 0.2) is 18.1 Å². The first-order valence-electron chi connectivity index (χ1n) is 9.10. The fourth-order valence-electron chi connectivity index (χ4n) is 2.69. The van der Waals surface area contributed by atoms with Crippen LogP contribution in [0.2, 0.25) is 0 Å². The molecule has 0 unspecified atom stereocenters. The number of nitro groups is 1. The SMILES string of the molecule is CC[C@H](C)c1ccc(OCC(=O)N/N=C/c2cc3c(cc2[N+](=O)[O-])OCO3)cc1. The zero-order valence-electron chi connectivity index (χ0n) is 16.1. The number of carbonyl (C=O) groups excluding carboxylic acids is 1. The molecule has 29 heavy (non-hydrogen) atoms. The van der Waals surface area contributed by atoms with Gasteiger partial charge in [0.25, 0.3) is 11.6 Å². The maximum atomic E-state index is 11.9. The molecule has 0 fully saturated rings. The van der Waals surface area contributed by atoms with E-state index < -0.39 is 10.8 Å². The van der Waals surface area contributed by atoms with E-state index in [2.05, 4.69) is 24.4 Å². The Balaban J connectivity index is 1.55. The Morgan fingerprint density at radius 1 is 1.31 bits per heavy atom. The number of benzene rings is 2. The molecule has 1 heterocycles. The van der Waals surface area contributed by atoms with Gasteiger partial charge in [-0.2, -0.15) is 5.10 Å². The van der Waals surface area contributed by atoms with Gasteiger partial charge in [0, 0.05) is 0 Å². The number of nitrogens with one attached hydrogen (secondary N) is 1. The minimum Gasteiger partial charge on any atom is -0.484 e. The molecule has 0 bridgehead atoms. The molecule has 1 atom stereocenters. The predicted octanol–water partition coefficient (Wildman–Crippen LogP) is 3.37. The van der Waals surface area contributed by atoms with Gasteiger partial charge in [-0.15, -0.1) is 0 Å². The molecule has 0 radical (unpaired) electrons. The molecule has 2 aromatic rings. The van der Waals surface area contributed by atoms with E-state index in [-0.39, 0.29) is 24.7 Å². The van der Waals surface area contributed by atoms with Gasteiger partial charge in [-0.1, -0.05) is 26.0 Å². The lowest BCUT2D eigenvalue weighted by Gasteiger charge is -2.10. The highest BCUT2D eigenvalue weighted by molar-refractivity contribution is 5.88. The van der Waals surface area contributed by atoms with Crippen LogP contribution in [-0.2, 0) is 4.79 Å². The average Bonchev–Trinajstić information content (AvgIpc) is 3.18. The van der Waals surface area contributed by atoms with Crippen LogP contribution in [0.15, 0.2) is 41.5 Å². The number of rotatable bonds is 8. The number of hydrogen-bond donors (Lipinski definition) is 1. The van der Waals surface area contributed by atoms with Gasteiger partial charge < -0.3 is 14.2 Å². The Morgan fingerprint density at radius 3 is 2.66 bits per heavy atom. The zero-order chi connectivity index (χ0) is 20.8. The van der Waals surface area contributed by atoms with Crippen LogP contribution in [-0.4, -0.2) is 30.4 Å². The zero-order valence-corrected chi connectivity index (χ0v) is 16.1. The lowest BCUT2D eigenvalue weighted by atomic mass is 9.99. The Kier molecular flexibility index (Phi) is 6.28. The summed E-state index contributed by atoms with van der Waals surface area (Å²) in [5, 5.41) is 15.0. The largest absolute Gasteiger partial charge is 0.484 e. The first kappa shape index (κ1) is 20.1. The summed E-state index contributed by atoms with van der Waals surface area (Å²) in [6.45, 7) is 4.03. The molecule has 9 nitrogen and oxygen atoms in total. The highest BCUT2D eigenvalue weighted by atomic mass is 16.7. The van der Waals surface area contributed by atoms with E-state index >= 15 is 0 Å². The summed E-state index contributed by atoms with van der Waals surface area (Å²) in [6, 6.07) is 10.3. The van der Waals surface area contributed by atoms with Crippen molar-refractivity contribution in [1.82, 2.24) is 5.43 Å². The van der Waals surface area contributed by atoms with Crippen molar-refractivity contribution in [3.63, 3.8) is 0 Å². The number of ether oxygens (including phenoxy) is 3. The van der Waals surface area contributed by atoms with Crippen molar-refractivity contribution in [3.8, 4) is 17.2 Å². The van der Waals surface area contributed by atoms with Crippen LogP contribution in [0.3, 0.4) is 0 Å². The van der Waals surface area contributed by atoms with Crippen LogP contribution in [0, 0.1) is 10.1 Å². The standard InChI is InChI=1S/C20H21N3O6/c1-3-13(2)14-4-6-16(7-5-14)27-11-20(24)22-21-10-15-8-18-19(29-12-28-18)9-17(15)23(25)26/h4-10,13H,3,11-12H2,1-2H3,(H,22,24)/b21-10+/t13-/m0/s1. The molecule has 0 spiro atoms. The smallest absolute Gasteiger partial charge is 0.282 e. The van der Waals surface area contributed by atoms with Crippen LogP contribution >= 0.6 is 0 Å². The third-order valence-corrected chi connectivity index (χ3v) is 4.54. The molecule has 9 heteroatoms. The van der Waals surface area contributed by atoms with Gasteiger partial charge in [0.2, 0.25) is 6.79 Å². The van der Waals surface area contributed by atoms with Gasteiger partial charge in [0.1, 0.15) is 5.75 Å². The van der Waals surface area contributed by atoms with Crippen molar-refractivity contribution in [2.45, 2.75) is 26.2 Å². The summed E-state index contributed by atoms with van der Waals surface area (Å²) in [7, 11) is 0. The van der Waals surface area contributed by atoms with Crippen LogP contribution in [0.25, 0.3) is 0 Å². The summed E-state index contributed by atoms with van der Waals surface area (Å²) >= 11 is 0. The quantitative estimate of drug-likeness (QED) is 0.414. The molecular formula is C20H21N3O6. The molecule has 1 amide bonds. The van der Waals surface area contributed by atoms with E-state index in [1.807, 2.05) is 24.3 Å². The van der Waals surface area contributed by atoms with Gasteiger partial charge in [0.05, 0.1) is 22.8 Å². The van der Waals surface area contributed by atoms with Gasteiger partial charge in [-0.05, 0) is 36.1 Å². The second-order valence-corrected chi connectivity index (χ2v) is 6.48. The highest BCUT2D eigenvalue weighted by Gasteiger charge is 2.22. The summed E-state index contributed by atoms with van der Waals surface area (Å²) in [6.07, 6.45) is 2.22. The van der Waals surface area contributed by atoms with Gasteiger partial charge in [-0.25, -0.2) is 5.43 Å². The Bertz CT molecular complexity index is 927. The van der Waals surface area contributed by atoms with Crippen LogP contribution in [0.4, 0.5) is 5.69 Å². The van der Waals surface area contributed by atoms with E-state index in [1.165, 1.54) is 23.9 Å². The van der Waals surface area contributed by atoms with Crippen molar-refractivity contribution in [3.05, 3.63) is 57.6 Å². The van der Waals surface area contributed by atoms with Gasteiger partial charge >= 0.3 is 0 Å². The monoisotopic (exact) mass is 399 g/mol. The maximum absolute atomic E-state index is 11.9. The Labute approximate surface area is 167 Å². The first-order chi connectivity index (χ1) is 14.0. The van der Waals surface area contributed by atoms with Crippen LogP contribution in [0.5, 0.6) is 17.2 Å². The Hall–Kier alpha value is -3.62. The maximum Gasteiger partial charge on any atom is 0.282 e. The summed E-state index contributed by atoms with van der Waals surface area (Å²) in [5.41, 5.74) is 3.47. The van der Waals surface area contributed by atoms with Crippen LogP contribution < -0.4 is 19.6 Å². The van der Waals surface area contributed by atoms with Gasteiger partial charge in [-0.3, -0.25) is 14.9 Å². The molecular weight excluding hydrogens is 378 g/mol. The van der Waals surface area contributed by atoms with E-state index in [4.69, 9.17) is 14.2 Å². The number of carbonyl (C=O) groups is 1. The van der Waals surface area contributed by atoms with E-state index in [9.17, 15) is 14.9 Å².